The Kier molecular flexibility index (Phi) is 3.21. The zero-order valence-corrected chi connectivity index (χ0v) is 12.7. The van der Waals surface area contributed by atoms with E-state index in [0.29, 0.717) is 16.3 Å². The van der Waals surface area contributed by atoms with Gasteiger partial charge in [0.15, 0.2) is 11.5 Å². The number of nitro groups is 1. The summed E-state index contributed by atoms with van der Waals surface area (Å²) in [4.78, 5) is 44.2. The molecule has 0 N–H and O–H groups in total. The van der Waals surface area contributed by atoms with Gasteiger partial charge in [-0.15, -0.1) is 0 Å². The molecule has 3 aromatic rings. The van der Waals surface area contributed by atoms with E-state index in [-0.39, 0.29) is 22.8 Å². The summed E-state index contributed by atoms with van der Waals surface area (Å²) in [5, 5.41) is 12.0. The lowest BCUT2D eigenvalue weighted by Gasteiger charge is -2.16. The zero-order chi connectivity index (χ0) is 17.6. The van der Waals surface area contributed by atoms with E-state index < -0.39 is 16.5 Å². The molecule has 0 saturated carbocycles. The van der Waals surface area contributed by atoms with Crippen molar-refractivity contribution in [1.82, 2.24) is 4.98 Å². The normalized spacial score (nSPS) is 15.0. The fourth-order valence-corrected chi connectivity index (χ4v) is 2.88. The molecular formula is C18H9N3O4. The lowest BCUT2D eigenvalue weighted by molar-refractivity contribution is -0.384. The number of nitrogens with zero attached hydrogens (tertiary/aromatic N) is 3. The first-order valence-electron chi connectivity index (χ1n) is 7.36. The van der Waals surface area contributed by atoms with Crippen LogP contribution in [0, 0.1) is 10.1 Å². The molecular weight excluding hydrogens is 322 g/mol. The van der Waals surface area contributed by atoms with E-state index >= 15 is 0 Å². The van der Waals surface area contributed by atoms with Gasteiger partial charge in [0.25, 0.3) is 5.69 Å². The Hall–Kier alpha value is -3.74. The number of rotatable bonds is 2. The summed E-state index contributed by atoms with van der Waals surface area (Å²) in [6.07, 6.45) is 1.50. The summed E-state index contributed by atoms with van der Waals surface area (Å²) in [6.45, 7) is 0. The zero-order valence-electron chi connectivity index (χ0n) is 12.7. The predicted molar refractivity (Wildman–Crippen MR) is 90.6 cm³/mol. The molecule has 0 fully saturated rings. The van der Waals surface area contributed by atoms with Crippen molar-refractivity contribution in [3.05, 3.63) is 76.0 Å². The van der Waals surface area contributed by atoms with E-state index in [0.717, 1.165) is 0 Å². The smallest absolute Gasteiger partial charge is 0.270 e. The van der Waals surface area contributed by atoms with Crippen molar-refractivity contribution in [3.8, 4) is 0 Å². The summed E-state index contributed by atoms with van der Waals surface area (Å²) in [5.74, 6) is -0.925. The summed E-state index contributed by atoms with van der Waals surface area (Å²) in [5.41, 5.74) is -0.0931. The minimum atomic E-state index is -0.636. The van der Waals surface area contributed by atoms with E-state index in [2.05, 4.69) is 9.98 Å². The molecule has 120 valence electrons. The number of ketones is 2. The SMILES string of the molecule is O=C1C(=Nc2ccccn2)C(=O)c2cc([N+](=O)[O-])cc3cccc1c23. The van der Waals surface area contributed by atoms with Crippen molar-refractivity contribution in [2.75, 3.05) is 0 Å². The Morgan fingerprint density at radius 2 is 1.76 bits per heavy atom. The molecule has 0 aliphatic heterocycles. The molecule has 7 nitrogen and oxygen atoms in total. The Balaban J connectivity index is 2.01. The number of hydrogen-bond donors (Lipinski definition) is 0. The molecule has 1 aliphatic rings. The summed E-state index contributed by atoms with van der Waals surface area (Å²) in [7, 11) is 0. The Labute approximate surface area is 140 Å². The van der Waals surface area contributed by atoms with Gasteiger partial charge in [-0.25, -0.2) is 9.98 Å². The van der Waals surface area contributed by atoms with Gasteiger partial charge < -0.3 is 0 Å². The molecule has 1 heterocycles. The molecule has 1 aliphatic carbocycles. The van der Waals surface area contributed by atoms with Gasteiger partial charge in [0.2, 0.25) is 11.6 Å². The van der Waals surface area contributed by atoms with E-state index in [1.54, 1.807) is 36.4 Å². The fourth-order valence-electron chi connectivity index (χ4n) is 2.88. The molecule has 7 heteroatoms. The van der Waals surface area contributed by atoms with Gasteiger partial charge >= 0.3 is 0 Å². The second-order valence-corrected chi connectivity index (χ2v) is 5.46. The molecule has 25 heavy (non-hydrogen) atoms. The maximum atomic E-state index is 12.8. The number of Topliss-reactive ketones (excluding diaryl/α,β-unsaturated/α-hetero) is 2. The van der Waals surface area contributed by atoms with Gasteiger partial charge in [0.05, 0.1) is 4.92 Å². The van der Waals surface area contributed by atoms with Gasteiger partial charge in [-0.1, -0.05) is 24.3 Å². The lowest BCUT2D eigenvalue weighted by atomic mass is 9.85. The molecule has 0 atom stereocenters. The van der Waals surface area contributed by atoms with Crippen LogP contribution >= 0.6 is 0 Å². The standard InChI is InChI=1S/C18H9N3O4/c22-17-12-5-3-4-10-8-11(21(24)25)9-13(15(10)12)18(23)16(17)20-14-6-1-2-7-19-14/h1-9H. The van der Waals surface area contributed by atoms with Crippen molar-refractivity contribution in [1.29, 1.82) is 0 Å². The molecule has 0 unspecified atom stereocenters. The van der Waals surface area contributed by atoms with Crippen LogP contribution in [0.2, 0.25) is 0 Å². The second-order valence-electron chi connectivity index (χ2n) is 5.46. The minimum Gasteiger partial charge on any atom is -0.287 e. The molecule has 0 radical (unpaired) electrons. The van der Waals surface area contributed by atoms with E-state index in [9.17, 15) is 19.7 Å². The number of nitro benzene ring substituents is 1. The minimum absolute atomic E-state index is 0.106. The van der Waals surface area contributed by atoms with E-state index in [4.69, 9.17) is 0 Å². The third kappa shape index (κ3) is 2.29. The molecule has 0 bridgehead atoms. The van der Waals surface area contributed by atoms with Crippen LogP contribution in [0.25, 0.3) is 10.8 Å². The van der Waals surface area contributed by atoms with Gasteiger partial charge in [0, 0.05) is 34.8 Å². The number of carbonyl (C=O) groups is 2. The van der Waals surface area contributed by atoms with Crippen molar-refractivity contribution < 1.29 is 14.5 Å². The first-order chi connectivity index (χ1) is 12.1. The van der Waals surface area contributed by atoms with Crippen LogP contribution in [-0.4, -0.2) is 27.2 Å². The number of benzene rings is 2. The molecule has 4 rings (SSSR count). The predicted octanol–water partition coefficient (Wildman–Crippen LogP) is 3.29. The highest BCUT2D eigenvalue weighted by Gasteiger charge is 2.33. The van der Waals surface area contributed by atoms with Crippen LogP contribution in [0.3, 0.4) is 0 Å². The Bertz CT molecular complexity index is 1100. The topological polar surface area (TPSA) is 103 Å². The highest BCUT2D eigenvalue weighted by Crippen LogP contribution is 2.33. The maximum Gasteiger partial charge on any atom is 0.270 e. The van der Waals surface area contributed by atoms with Crippen LogP contribution in [-0.2, 0) is 0 Å². The number of hydrogen-bond acceptors (Lipinski definition) is 6. The molecule has 0 spiro atoms. The van der Waals surface area contributed by atoms with Crippen molar-refractivity contribution >= 4 is 39.6 Å². The Morgan fingerprint density at radius 1 is 0.960 bits per heavy atom. The highest BCUT2D eigenvalue weighted by atomic mass is 16.6. The largest absolute Gasteiger partial charge is 0.287 e. The number of carbonyl (C=O) groups excluding carboxylic acids is 2. The van der Waals surface area contributed by atoms with E-state index in [1.807, 2.05) is 0 Å². The first kappa shape index (κ1) is 14.8. The molecule has 1 aromatic heterocycles. The third-order valence-corrected chi connectivity index (χ3v) is 3.97. The van der Waals surface area contributed by atoms with Gasteiger partial charge in [-0.2, -0.15) is 0 Å². The second kappa shape index (κ2) is 5.41. The number of non-ortho nitro benzene ring substituents is 1. The maximum absolute atomic E-state index is 12.8. The Morgan fingerprint density at radius 3 is 2.48 bits per heavy atom. The monoisotopic (exact) mass is 331 g/mol. The lowest BCUT2D eigenvalue weighted by Crippen LogP contribution is -2.29. The fraction of sp³-hybridized carbons (Fsp3) is 0. The van der Waals surface area contributed by atoms with Crippen molar-refractivity contribution in [3.63, 3.8) is 0 Å². The van der Waals surface area contributed by atoms with Crippen LogP contribution < -0.4 is 0 Å². The molecule has 0 amide bonds. The first-order valence-corrected chi connectivity index (χ1v) is 7.36. The molecule has 2 aromatic carbocycles. The highest BCUT2D eigenvalue weighted by molar-refractivity contribution is 6.75. The number of aliphatic imine (C=N–C) groups is 1. The summed E-state index contributed by atoms with van der Waals surface area (Å²) < 4.78 is 0. The molecule has 0 saturated heterocycles. The van der Waals surface area contributed by atoms with Crippen molar-refractivity contribution in [2.45, 2.75) is 0 Å². The van der Waals surface area contributed by atoms with E-state index in [1.165, 1.54) is 18.3 Å². The third-order valence-electron chi connectivity index (χ3n) is 3.97. The van der Waals surface area contributed by atoms with Gasteiger partial charge in [-0.05, 0) is 17.5 Å². The number of pyridine rings is 1. The van der Waals surface area contributed by atoms with Crippen LogP contribution in [0.4, 0.5) is 11.5 Å². The summed E-state index contributed by atoms with van der Waals surface area (Å²) >= 11 is 0. The van der Waals surface area contributed by atoms with Crippen LogP contribution in [0.15, 0.2) is 59.7 Å². The van der Waals surface area contributed by atoms with Gasteiger partial charge in [-0.3, -0.25) is 19.7 Å². The quantitative estimate of drug-likeness (QED) is 0.529. The van der Waals surface area contributed by atoms with Crippen LogP contribution in [0.5, 0.6) is 0 Å². The van der Waals surface area contributed by atoms with Gasteiger partial charge in [0.1, 0.15) is 0 Å². The average molecular weight is 331 g/mol. The summed E-state index contributed by atoms with van der Waals surface area (Å²) in [6, 6.07) is 12.3. The van der Waals surface area contributed by atoms with Crippen LogP contribution in [0.1, 0.15) is 20.7 Å². The van der Waals surface area contributed by atoms with Crippen molar-refractivity contribution in [2.24, 2.45) is 4.99 Å². The number of aromatic nitrogens is 1. The average Bonchev–Trinajstić information content (AvgIpc) is 2.63.